The summed E-state index contributed by atoms with van der Waals surface area (Å²) in [7, 11) is 0. The van der Waals surface area contributed by atoms with Gasteiger partial charge in [0.25, 0.3) is 5.91 Å². The van der Waals surface area contributed by atoms with E-state index in [0.29, 0.717) is 0 Å². The number of ether oxygens (including phenoxy) is 2. The molecule has 1 heterocycles. The highest BCUT2D eigenvalue weighted by Gasteiger charge is 2.16. The van der Waals surface area contributed by atoms with Crippen LogP contribution in [0.4, 0.5) is 11.5 Å². The highest BCUT2D eigenvalue weighted by molar-refractivity contribution is 5.91. The molecule has 0 atom stereocenters. The Labute approximate surface area is 129 Å². The molecule has 0 aliphatic carbocycles. The van der Waals surface area contributed by atoms with Crippen molar-refractivity contribution in [1.29, 1.82) is 0 Å². The molecule has 0 unspecified atom stereocenters. The largest absolute Gasteiger partial charge is 0.475 e. The van der Waals surface area contributed by atoms with Gasteiger partial charge < -0.3 is 19.3 Å². The number of nitro groups is 1. The van der Waals surface area contributed by atoms with Crippen molar-refractivity contribution in [2.45, 2.75) is 0 Å². The van der Waals surface area contributed by atoms with E-state index in [1.54, 1.807) is 0 Å². The normalized spacial score (nSPS) is 9.91. The molecular formula is C13H11N3O7. The number of hydrogen-bond acceptors (Lipinski definition) is 8. The molecule has 1 N–H and O–H groups in total. The summed E-state index contributed by atoms with van der Waals surface area (Å²) in [5, 5.41) is 16.5. The average Bonchev–Trinajstić information content (AvgIpc) is 3.04. The van der Waals surface area contributed by atoms with Gasteiger partial charge >= 0.3 is 11.7 Å². The van der Waals surface area contributed by atoms with E-state index in [1.165, 1.54) is 36.6 Å². The molecular weight excluding hydrogens is 310 g/mol. The molecule has 0 saturated heterocycles. The number of aromatic nitrogens is 1. The second kappa shape index (κ2) is 7.54. The molecule has 10 nitrogen and oxygen atoms in total. The maximum Gasteiger partial charge on any atom is 0.344 e. The molecule has 10 heteroatoms. The van der Waals surface area contributed by atoms with Gasteiger partial charge in [-0.05, 0) is 6.07 Å². The van der Waals surface area contributed by atoms with E-state index in [2.05, 4.69) is 19.7 Å². The molecule has 0 radical (unpaired) electrons. The third-order valence-electron chi connectivity index (χ3n) is 2.48. The molecule has 1 aromatic heterocycles. The fraction of sp³-hybridized carbons (Fsp3) is 0.154. The van der Waals surface area contributed by atoms with Crippen LogP contribution in [0.5, 0.6) is 5.75 Å². The number of anilines is 1. The Morgan fingerprint density at radius 1 is 1.26 bits per heavy atom. The third kappa shape index (κ3) is 4.81. The maximum atomic E-state index is 11.5. The van der Waals surface area contributed by atoms with Crippen molar-refractivity contribution < 1.29 is 28.5 Å². The van der Waals surface area contributed by atoms with Crippen molar-refractivity contribution >= 4 is 23.4 Å². The molecule has 23 heavy (non-hydrogen) atoms. The zero-order valence-electron chi connectivity index (χ0n) is 11.6. The minimum Gasteiger partial charge on any atom is -0.475 e. The molecule has 1 amide bonds. The van der Waals surface area contributed by atoms with E-state index in [1.807, 2.05) is 0 Å². The summed E-state index contributed by atoms with van der Waals surface area (Å²) in [5.74, 6) is -1.35. The molecule has 0 bridgehead atoms. The second-order valence-electron chi connectivity index (χ2n) is 4.11. The molecule has 1 aromatic carbocycles. The number of rotatable bonds is 7. The SMILES string of the molecule is O=C(COC(=O)COc1ccccc1[N+](=O)[O-])Nc1ccon1. The van der Waals surface area contributed by atoms with Gasteiger partial charge in [0.05, 0.1) is 4.92 Å². The molecule has 0 fully saturated rings. The predicted molar refractivity (Wildman–Crippen MR) is 74.7 cm³/mol. The molecule has 0 aliphatic heterocycles. The predicted octanol–water partition coefficient (Wildman–Crippen LogP) is 1.14. The summed E-state index contributed by atoms with van der Waals surface area (Å²) in [6, 6.07) is 7.00. The van der Waals surface area contributed by atoms with E-state index in [0.717, 1.165) is 0 Å². The lowest BCUT2D eigenvalue weighted by Crippen LogP contribution is -2.23. The van der Waals surface area contributed by atoms with Crippen molar-refractivity contribution in [3.63, 3.8) is 0 Å². The number of esters is 1. The minimum atomic E-state index is -0.849. The van der Waals surface area contributed by atoms with Crippen molar-refractivity contribution in [2.75, 3.05) is 18.5 Å². The van der Waals surface area contributed by atoms with E-state index >= 15 is 0 Å². The quantitative estimate of drug-likeness (QED) is 0.456. The van der Waals surface area contributed by atoms with Gasteiger partial charge in [0.1, 0.15) is 6.26 Å². The highest BCUT2D eigenvalue weighted by atomic mass is 16.6. The number of carbonyl (C=O) groups is 2. The van der Waals surface area contributed by atoms with Gasteiger partial charge in [0.15, 0.2) is 24.8 Å². The van der Waals surface area contributed by atoms with Gasteiger partial charge in [-0.2, -0.15) is 0 Å². The van der Waals surface area contributed by atoms with Crippen molar-refractivity contribution in [3.8, 4) is 5.75 Å². The van der Waals surface area contributed by atoms with Gasteiger partial charge in [0, 0.05) is 12.1 Å². The van der Waals surface area contributed by atoms with Crippen molar-refractivity contribution in [2.24, 2.45) is 0 Å². The van der Waals surface area contributed by atoms with Crippen LogP contribution in [0, 0.1) is 10.1 Å². The summed E-state index contributed by atoms with van der Waals surface area (Å²) >= 11 is 0. The van der Waals surface area contributed by atoms with E-state index in [4.69, 9.17) is 4.74 Å². The van der Waals surface area contributed by atoms with Crippen LogP contribution in [0.15, 0.2) is 41.1 Å². The Morgan fingerprint density at radius 2 is 2.04 bits per heavy atom. The summed E-state index contributed by atoms with van der Waals surface area (Å²) in [6.45, 7) is -1.12. The van der Waals surface area contributed by atoms with Crippen LogP contribution in [0.1, 0.15) is 0 Å². The first-order valence-corrected chi connectivity index (χ1v) is 6.28. The van der Waals surface area contributed by atoms with Crippen LogP contribution in [-0.4, -0.2) is 35.2 Å². The molecule has 2 aromatic rings. The third-order valence-corrected chi connectivity index (χ3v) is 2.48. The Balaban J connectivity index is 1.77. The van der Waals surface area contributed by atoms with Crippen molar-refractivity contribution in [3.05, 3.63) is 46.7 Å². The summed E-state index contributed by atoms with van der Waals surface area (Å²) < 4.78 is 14.2. The van der Waals surface area contributed by atoms with Gasteiger partial charge in [-0.15, -0.1) is 0 Å². The zero-order chi connectivity index (χ0) is 16.7. The standard InChI is InChI=1S/C13H11N3O7/c17-12(14-11-5-6-23-15-11)7-22-13(18)8-21-10-4-2-1-3-9(10)16(19)20/h1-6H,7-8H2,(H,14,15,17). The second-order valence-corrected chi connectivity index (χ2v) is 4.11. The summed E-state index contributed by atoms with van der Waals surface area (Å²) in [4.78, 5) is 33.0. The smallest absolute Gasteiger partial charge is 0.344 e. The lowest BCUT2D eigenvalue weighted by atomic mass is 10.3. The number of benzene rings is 1. The van der Waals surface area contributed by atoms with E-state index < -0.39 is 30.0 Å². The number of para-hydroxylation sites is 2. The fourth-order valence-corrected chi connectivity index (χ4v) is 1.51. The molecule has 0 aliphatic rings. The van der Waals surface area contributed by atoms with Crippen LogP contribution in [-0.2, 0) is 14.3 Å². The topological polar surface area (TPSA) is 134 Å². The Bertz CT molecular complexity index is 699. The monoisotopic (exact) mass is 321 g/mol. The molecule has 2 rings (SSSR count). The number of hydrogen-bond donors (Lipinski definition) is 1. The minimum absolute atomic E-state index is 0.0681. The van der Waals surface area contributed by atoms with Crippen molar-refractivity contribution in [1.82, 2.24) is 5.16 Å². The van der Waals surface area contributed by atoms with E-state index in [-0.39, 0.29) is 17.3 Å². The van der Waals surface area contributed by atoms with Crippen LogP contribution < -0.4 is 10.1 Å². The average molecular weight is 321 g/mol. The highest BCUT2D eigenvalue weighted by Crippen LogP contribution is 2.25. The Hall–Kier alpha value is -3.43. The molecule has 120 valence electrons. The van der Waals surface area contributed by atoms with Gasteiger partial charge in [0.2, 0.25) is 0 Å². The van der Waals surface area contributed by atoms with Gasteiger partial charge in [-0.25, -0.2) is 4.79 Å². The lowest BCUT2D eigenvalue weighted by Gasteiger charge is -2.07. The van der Waals surface area contributed by atoms with Crippen LogP contribution in [0.25, 0.3) is 0 Å². The summed E-state index contributed by atoms with van der Waals surface area (Å²) in [5.41, 5.74) is -0.274. The number of nitrogens with one attached hydrogen (secondary N) is 1. The Kier molecular flexibility index (Phi) is 5.23. The number of nitrogens with zero attached hydrogens (tertiary/aromatic N) is 2. The first-order chi connectivity index (χ1) is 11.1. The molecule has 0 saturated carbocycles. The van der Waals surface area contributed by atoms with Crippen LogP contribution in [0.3, 0.4) is 0 Å². The van der Waals surface area contributed by atoms with Crippen LogP contribution >= 0.6 is 0 Å². The fourth-order valence-electron chi connectivity index (χ4n) is 1.51. The first kappa shape index (κ1) is 15.9. The number of amides is 1. The lowest BCUT2D eigenvalue weighted by molar-refractivity contribution is -0.385. The van der Waals surface area contributed by atoms with Gasteiger partial charge in [-0.1, -0.05) is 17.3 Å². The maximum absolute atomic E-state index is 11.5. The molecule has 0 spiro atoms. The van der Waals surface area contributed by atoms with E-state index in [9.17, 15) is 19.7 Å². The summed E-state index contributed by atoms with van der Waals surface area (Å²) in [6.07, 6.45) is 1.27. The Morgan fingerprint density at radius 3 is 2.74 bits per heavy atom. The zero-order valence-corrected chi connectivity index (χ0v) is 11.6. The van der Waals surface area contributed by atoms with Gasteiger partial charge in [-0.3, -0.25) is 14.9 Å². The van der Waals surface area contributed by atoms with Crippen LogP contribution in [0.2, 0.25) is 0 Å². The number of carbonyl (C=O) groups excluding carboxylic acids is 2. The first-order valence-electron chi connectivity index (χ1n) is 6.28. The number of nitro benzene ring substituents is 1.